The van der Waals surface area contributed by atoms with E-state index < -0.39 is 8.32 Å². The molecule has 3 nitrogen and oxygen atoms in total. The summed E-state index contributed by atoms with van der Waals surface area (Å²) in [6.45, 7) is 17.6. The zero-order valence-electron chi connectivity index (χ0n) is 19.1. The lowest BCUT2D eigenvalue weighted by atomic mass is 10.1. The summed E-state index contributed by atoms with van der Waals surface area (Å²) in [5.74, 6) is -0.296. The van der Waals surface area contributed by atoms with Crippen LogP contribution in [0.3, 0.4) is 0 Å². The van der Waals surface area contributed by atoms with Crippen molar-refractivity contribution in [2.45, 2.75) is 105 Å². The fourth-order valence-corrected chi connectivity index (χ4v) is 3.03. The second kappa shape index (κ2) is 19.9. The Morgan fingerprint density at radius 3 is 1.96 bits per heavy atom. The van der Waals surface area contributed by atoms with Gasteiger partial charge in [0.1, 0.15) is 0 Å². The van der Waals surface area contributed by atoms with E-state index >= 15 is 0 Å². The summed E-state index contributed by atoms with van der Waals surface area (Å²) < 4.78 is 10.7. The van der Waals surface area contributed by atoms with Crippen LogP contribution in [-0.4, -0.2) is 27.5 Å². The van der Waals surface area contributed by atoms with Crippen LogP contribution in [0.1, 0.15) is 85.0 Å². The first-order chi connectivity index (χ1) is 12.7. The molecule has 160 valence electrons. The van der Waals surface area contributed by atoms with Gasteiger partial charge in [0.05, 0.1) is 6.61 Å². The molecule has 0 aliphatic rings. The summed E-state index contributed by atoms with van der Waals surface area (Å²) in [5.41, 5.74) is 0.459. The van der Waals surface area contributed by atoms with Gasteiger partial charge < -0.3 is 9.16 Å². The van der Waals surface area contributed by atoms with Crippen molar-refractivity contribution < 1.29 is 14.0 Å². The predicted octanol–water partition coefficient (Wildman–Crippen LogP) is 7.44. The fourth-order valence-electron chi connectivity index (χ4n) is 2.27. The molecule has 0 bridgehead atoms. The summed E-state index contributed by atoms with van der Waals surface area (Å²) in [4.78, 5) is 10.8. The predicted molar refractivity (Wildman–Crippen MR) is 122 cm³/mol. The van der Waals surface area contributed by atoms with E-state index in [0.29, 0.717) is 12.2 Å². The maximum absolute atomic E-state index is 10.8. The van der Waals surface area contributed by atoms with Gasteiger partial charge in [0.2, 0.25) is 0 Å². The smallest absolute Gasteiger partial charge is 0.333 e. The van der Waals surface area contributed by atoms with Gasteiger partial charge in [-0.3, -0.25) is 0 Å². The zero-order valence-corrected chi connectivity index (χ0v) is 20.1. The second-order valence-corrected chi connectivity index (χ2v) is 12.6. The maximum atomic E-state index is 10.8. The Balaban J connectivity index is 0. The van der Waals surface area contributed by atoms with E-state index in [-0.39, 0.29) is 5.97 Å². The molecule has 0 saturated heterocycles. The number of allylic oxidation sites excluding steroid dienone is 2. The number of hydrogen-bond donors (Lipinski definition) is 0. The Morgan fingerprint density at radius 2 is 1.48 bits per heavy atom. The van der Waals surface area contributed by atoms with E-state index in [0.717, 1.165) is 19.4 Å². The lowest BCUT2D eigenvalue weighted by Crippen LogP contribution is -2.25. The maximum Gasteiger partial charge on any atom is 0.333 e. The third-order valence-corrected chi connectivity index (χ3v) is 4.94. The Morgan fingerprint density at radius 1 is 0.926 bits per heavy atom. The standard InChI is InChI=1S/C13H30OSi.C10H16O2/c1-5-6-7-8-9-10-11-12-13-14-15(2,3)4;1-4-5-6-7-8-12-10(11)9(2)3/h5-13H2,1-4H3;4-5H,2,6-8H2,1,3H3. The number of unbranched alkanes of at least 4 members (excludes halogenated alkanes) is 8. The molecule has 0 aliphatic carbocycles. The molecule has 0 N–H and O–H groups in total. The Bertz CT molecular complexity index is 384. The molecule has 0 atom stereocenters. The molecule has 0 fully saturated rings. The van der Waals surface area contributed by atoms with Crippen molar-refractivity contribution in [3.63, 3.8) is 0 Å². The van der Waals surface area contributed by atoms with Crippen molar-refractivity contribution >= 4 is 14.3 Å². The molecular formula is C23H46O3Si. The van der Waals surface area contributed by atoms with Crippen molar-refractivity contribution in [2.24, 2.45) is 0 Å². The molecule has 0 spiro atoms. The van der Waals surface area contributed by atoms with Crippen molar-refractivity contribution in [1.82, 2.24) is 0 Å². The molecule has 0 amide bonds. The number of rotatable bonds is 15. The number of esters is 1. The van der Waals surface area contributed by atoms with Gasteiger partial charge >= 0.3 is 5.97 Å². The molecule has 0 unspecified atom stereocenters. The summed E-state index contributed by atoms with van der Waals surface area (Å²) in [6, 6.07) is 0. The molecule has 0 aromatic heterocycles. The molecule has 0 heterocycles. The SMILES string of the molecule is C=C(C)C(=O)OCCCC=CC.CCCCCCCCCCO[Si](C)(C)C. The van der Waals surface area contributed by atoms with E-state index in [9.17, 15) is 4.79 Å². The number of ether oxygens (including phenoxy) is 1. The zero-order chi connectivity index (χ0) is 21.0. The molecule has 0 radical (unpaired) electrons. The van der Waals surface area contributed by atoms with Crippen molar-refractivity contribution in [2.75, 3.05) is 13.2 Å². The van der Waals surface area contributed by atoms with E-state index in [4.69, 9.17) is 9.16 Å². The molecule has 4 heteroatoms. The highest BCUT2D eigenvalue weighted by atomic mass is 28.4. The van der Waals surface area contributed by atoms with E-state index in [1.54, 1.807) is 6.92 Å². The van der Waals surface area contributed by atoms with Crippen LogP contribution in [0.5, 0.6) is 0 Å². The minimum atomic E-state index is -1.24. The van der Waals surface area contributed by atoms with Gasteiger partial charge in [0.25, 0.3) is 0 Å². The normalized spacial score (nSPS) is 11.2. The molecule has 27 heavy (non-hydrogen) atoms. The number of carbonyl (C=O) groups is 1. The molecule has 0 aromatic rings. The minimum Gasteiger partial charge on any atom is -0.462 e. The van der Waals surface area contributed by atoms with Crippen LogP contribution in [0.2, 0.25) is 19.6 Å². The van der Waals surface area contributed by atoms with Crippen LogP contribution in [0.25, 0.3) is 0 Å². The highest BCUT2D eigenvalue weighted by Crippen LogP contribution is 2.09. The monoisotopic (exact) mass is 398 g/mol. The number of hydrogen-bond acceptors (Lipinski definition) is 3. The van der Waals surface area contributed by atoms with Gasteiger partial charge in [-0.05, 0) is 52.8 Å². The Hall–Kier alpha value is -0.873. The molecule has 0 aromatic carbocycles. The third kappa shape index (κ3) is 27.4. The first-order valence-electron chi connectivity index (χ1n) is 10.8. The van der Waals surface area contributed by atoms with Crippen LogP contribution in [0, 0.1) is 0 Å². The van der Waals surface area contributed by atoms with Crippen molar-refractivity contribution in [3.05, 3.63) is 24.3 Å². The van der Waals surface area contributed by atoms with Gasteiger partial charge in [-0.1, -0.05) is 70.6 Å². The quantitative estimate of drug-likeness (QED) is 0.0945. The van der Waals surface area contributed by atoms with Crippen molar-refractivity contribution in [1.29, 1.82) is 0 Å². The lowest BCUT2D eigenvalue weighted by molar-refractivity contribution is -0.139. The van der Waals surface area contributed by atoms with Crippen LogP contribution >= 0.6 is 0 Å². The lowest BCUT2D eigenvalue weighted by Gasteiger charge is -2.16. The molecule has 0 aliphatic heterocycles. The van der Waals surface area contributed by atoms with Crippen LogP contribution in [0.15, 0.2) is 24.3 Å². The summed E-state index contributed by atoms with van der Waals surface area (Å²) >= 11 is 0. The summed E-state index contributed by atoms with van der Waals surface area (Å²) in [7, 11) is -1.24. The van der Waals surface area contributed by atoms with Crippen LogP contribution in [0.4, 0.5) is 0 Å². The second-order valence-electron chi connectivity index (χ2n) is 8.06. The van der Waals surface area contributed by atoms with Crippen LogP contribution < -0.4 is 0 Å². The van der Waals surface area contributed by atoms with E-state index in [2.05, 4.69) is 39.2 Å². The summed E-state index contributed by atoms with van der Waals surface area (Å²) in [6.07, 6.45) is 17.0. The average Bonchev–Trinajstić information content (AvgIpc) is 2.59. The Labute approximate surface area is 170 Å². The van der Waals surface area contributed by atoms with Crippen LogP contribution in [-0.2, 0) is 14.0 Å². The topological polar surface area (TPSA) is 35.5 Å². The summed E-state index contributed by atoms with van der Waals surface area (Å²) in [5, 5.41) is 0. The Kier molecular flexibility index (Phi) is 20.9. The highest BCUT2D eigenvalue weighted by molar-refractivity contribution is 6.69. The van der Waals surface area contributed by atoms with Gasteiger partial charge in [0, 0.05) is 12.2 Å². The molecule has 0 saturated carbocycles. The van der Waals surface area contributed by atoms with Gasteiger partial charge in [-0.15, -0.1) is 0 Å². The largest absolute Gasteiger partial charge is 0.462 e. The van der Waals surface area contributed by atoms with Crippen molar-refractivity contribution in [3.8, 4) is 0 Å². The van der Waals surface area contributed by atoms with E-state index in [1.807, 2.05) is 13.0 Å². The first kappa shape index (κ1) is 28.3. The molecule has 0 rings (SSSR count). The number of carbonyl (C=O) groups excluding carboxylic acids is 1. The third-order valence-electron chi connectivity index (χ3n) is 3.87. The fraction of sp³-hybridized carbons (Fsp3) is 0.783. The average molecular weight is 399 g/mol. The highest BCUT2D eigenvalue weighted by Gasteiger charge is 2.12. The minimum absolute atomic E-state index is 0.296. The molecular weight excluding hydrogens is 352 g/mol. The van der Waals surface area contributed by atoms with Gasteiger partial charge in [-0.25, -0.2) is 4.79 Å². The van der Waals surface area contributed by atoms with Gasteiger partial charge in [-0.2, -0.15) is 0 Å². The van der Waals surface area contributed by atoms with E-state index in [1.165, 1.54) is 51.4 Å². The van der Waals surface area contributed by atoms with Gasteiger partial charge in [0.15, 0.2) is 8.32 Å². The first-order valence-corrected chi connectivity index (χ1v) is 14.2.